The maximum Gasteiger partial charge on any atom is 0.198 e. The van der Waals surface area contributed by atoms with Crippen LogP contribution in [0.15, 0.2) is 29.2 Å². The van der Waals surface area contributed by atoms with Crippen molar-refractivity contribution in [3.05, 3.63) is 29.8 Å². The predicted octanol–water partition coefficient (Wildman–Crippen LogP) is 3.62. The summed E-state index contributed by atoms with van der Waals surface area (Å²) in [4.78, 5) is 11.7. The zero-order chi connectivity index (χ0) is 15.3. The maximum absolute atomic E-state index is 12.4. The van der Waals surface area contributed by atoms with Crippen LogP contribution >= 0.6 is 23.2 Å². The lowest BCUT2D eigenvalue weighted by Crippen LogP contribution is -2.29. The van der Waals surface area contributed by atoms with E-state index in [1.165, 1.54) is 14.0 Å². The Morgan fingerprint density at radius 1 is 1.35 bits per heavy atom. The summed E-state index contributed by atoms with van der Waals surface area (Å²) in [7, 11) is -0.121. The van der Waals surface area contributed by atoms with E-state index in [2.05, 4.69) is 0 Å². The second-order valence-electron chi connectivity index (χ2n) is 4.69. The molecule has 3 nitrogen and oxygen atoms in total. The highest BCUT2D eigenvalue weighted by Gasteiger charge is 2.36. The van der Waals surface area contributed by atoms with Gasteiger partial charge in [-0.2, -0.15) is 0 Å². The summed E-state index contributed by atoms with van der Waals surface area (Å²) in [5.41, 5.74) is 1.06. The summed E-state index contributed by atoms with van der Waals surface area (Å²) in [6.07, 6.45) is -0.132. The van der Waals surface area contributed by atoms with Gasteiger partial charge in [0.15, 0.2) is 3.67 Å². The number of hydrogen-bond acceptors (Lipinski definition) is 3. The van der Waals surface area contributed by atoms with Crippen LogP contribution in [-0.2, 0) is 20.3 Å². The van der Waals surface area contributed by atoms with Gasteiger partial charge >= 0.3 is 0 Å². The SMILES string of the molecule is COC(CC(C)=O)CC(Cl)(Cl)S(=O)c1ccc(C)cc1. The molecule has 0 aliphatic rings. The molecule has 0 saturated carbocycles. The number of alkyl halides is 2. The molecule has 0 heterocycles. The average Bonchev–Trinajstić information content (AvgIpc) is 2.37. The van der Waals surface area contributed by atoms with E-state index < -0.39 is 20.6 Å². The van der Waals surface area contributed by atoms with Crippen molar-refractivity contribution in [3.63, 3.8) is 0 Å². The number of halogens is 2. The van der Waals surface area contributed by atoms with Gasteiger partial charge in [0.1, 0.15) is 5.78 Å². The molecule has 0 aliphatic heterocycles. The predicted molar refractivity (Wildman–Crippen MR) is 82.7 cm³/mol. The minimum atomic E-state index is -1.60. The van der Waals surface area contributed by atoms with Gasteiger partial charge in [-0.1, -0.05) is 40.9 Å². The summed E-state index contributed by atoms with van der Waals surface area (Å²) in [6, 6.07) is 7.16. The summed E-state index contributed by atoms with van der Waals surface area (Å²) in [5.74, 6) is -0.0258. The first-order chi connectivity index (χ1) is 9.26. The maximum atomic E-state index is 12.4. The van der Waals surface area contributed by atoms with Gasteiger partial charge in [-0.05, 0) is 26.0 Å². The second kappa shape index (κ2) is 7.55. The molecular formula is C14H18Cl2O3S. The zero-order valence-electron chi connectivity index (χ0n) is 11.7. The van der Waals surface area contributed by atoms with Crippen molar-refractivity contribution in [2.45, 2.75) is 41.4 Å². The molecule has 0 N–H and O–H groups in total. The zero-order valence-corrected chi connectivity index (χ0v) is 14.0. The smallest absolute Gasteiger partial charge is 0.198 e. The second-order valence-corrected chi connectivity index (χ2v) is 8.33. The monoisotopic (exact) mass is 336 g/mol. The Bertz CT molecular complexity index is 486. The van der Waals surface area contributed by atoms with Crippen LogP contribution in [0.3, 0.4) is 0 Å². The van der Waals surface area contributed by atoms with Gasteiger partial charge in [0.2, 0.25) is 0 Å². The Labute approximate surface area is 132 Å². The van der Waals surface area contributed by atoms with E-state index in [1.54, 1.807) is 12.1 Å². The number of carbonyl (C=O) groups is 1. The number of carbonyl (C=O) groups excluding carboxylic acids is 1. The van der Waals surface area contributed by atoms with Crippen LogP contribution in [0, 0.1) is 6.92 Å². The molecule has 0 bridgehead atoms. The number of ether oxygens (including phenoxy) is 1. The molecule has 2 atom stereocenters. The van der Waals surface area contributed by atoms with Gasteiger partial charge in [0.05, 0.1) is 16.9 Å². The summed E-state index contributed by atoms with van der Waals surface area (Å²) < 4.78 is 16.1. The summed E-state index contributed by atoms with van der Waals surface area (Å²) in [6.45, 7) is 3.41. The number of hydrogen-bond donors (Lipinski definition) is 0. The van der Waals surface area contributed by atoms with E-state index >= 15 is 0 Å². The Balaban J connectivity index is 2.83. The van der Waals surface area contributed by atoms with Gasteiger partial charge in [-0.25, -0.2) is 0 Å². The van der Waals surface area contributed by atoms with Crippen LogP contribution in [0.4, 0.5) is 0 Å². The van der Waals surface area contributed by atoms with E-state index in [9.17, 15) is 9.00 Å². The molecule has 20 heavy (non-hydrogen) atoms. The van der Waals surface area contributed by atoms with Gasteiger partial charge in [0.25, 0.3) is 0 Å². The van der Waals surface area contributed by atoms with Crippen LogP contribution in [-0.4, -0.2) is 26.9 Å². The number of ketones is 1. The van der Waals surface area contributed by atoms with Crippen LogP contribution < -0.4 is 0 Å². The molecule has 1 aromatic rings. The highest BCUT2D eigenvalue weighted by molar-refractivity contribution is 7.89. The first kappa shape index (κ1) is 17.6. The fourth-order valence-corrected chi connectivity index (χ4v) is 3.68. The number of Topliss-reactive ketones (excluding diaryl/α,β-unsaturated/α-hetero) is 1. The van der Waals surface area contributed by atoms with Gasteiger partial charge in [-0.15, -0.1) is 0 Å². The van der Waals surface area contributed by atoms with E-state index in [0.29, 0.717) is 4.90 Å². The highest BCUT2D eigenvalue weighted by Crippen LogP contribution is 2.36. The van der Waals surface area contributed by atoms with Gasteiger partial charge in [0, 0.05) is 24.8 Å². The van der Waals surface area contributed by atoms with E-state index in [0.717, 1.165) is 5.56 Å². The summed E-state index contributed by atoms with van der Waals surface area (Å²) in [5, 5.41) is 0. The first-order valence-corrected chi connectivity index (χ1v) is 8.05. The number of benzene rings is 1. The highest BCUT2D eigenvalue weighted by atomic mass is 35.5. The topological polar surface area (TPSA) is 43.4 Å². The number of rotatable bonds is 7. The fraction of sp³-hybridized carbons (Fsp3) is 0.500. The van der Waals surface area contributed by atoms with Crippen LogP contribution in [0.25, 0.3) is 0 Å². The Hall–Kier alpha value is -0.420. The van der Waals surface area contributed by atoms with Gasteiger partial charge in [-0.3, -0.25) is 9.00 Å². The minimum absolute atomic E-state index is 0.0258. The lowest BCUT2D eigenvalue weighted by atomic mass is 10.1. The molecule has 112 valence electrons. The quantitative estimate of drug-likeness (QED) is 0.714. The number of aryl methyl sites for hydroxylation is 1. The first-order valence-electron chi connectivity index (χ1n) is 6.15. The van der Waals surface area contributed by atoms with Crippen molar-refractivity contribution in [2.24, 2.45) is 0 Å². The van der Waals surface area contributed by atoms with Crippen LogP contribution in [0.5, 0.6) is 0 Å². The third-order valence-corrected chi connectivity index (χ3v) is 5.38. The van der Waals surface area contributed by atoms with Crippen molar-refractivity contribution in [1.29, 1.82) is 0 Å². The molecule has 6 heteroatoms. The molecule has 0 spiro atoms. The van der Waals surface area contributed by atoms with Crippen LogP contribution in [0.2, 0.25) is 0 Å². The minimum Gasteiger partial charge on any atom is -0.381 e. The number of methoxy groups -OCH3 is 1. The largest absolute Gasteiger partial charge is 0.381 e. The van der Waals surface area contributed by atoms with E-state index in [4.69, 9.17) is 27.9 Å². The Morgan fingerprint density at radius 3 is 2.35 bits per heavy atom. The third kappa shape index (κ3) is 5.17. The molecule has 1 aromatic carbocycles. The Kier molecular flexibility index (Phi) is 6.65. The van der Waals surface area contributed by atoms with Crippen molar-refractivity contribution < 1.29 is 13.7 Å². The van der Waals surface area contributed by atoms with Gasteiger partial charge < -0.3 is 4.74 Å². The molecule has 0 radical (unpaired) electrons. The molecule has 0 aliphatic carbocycles. The van der Waals surface area contributed by atoms with E-state index in [-0.39, 0.29) is 18.6 Å². The lowest BCUT2D eigenvalue weighted by Gasteiger charge is -2.24. The third-order valence-electron chi connectivity index (χ3n) is 2.82. The van der Waals surface area contributed by atoms with Crippen LogP contribution in [0.1, 0.15) is 25.3 Å². The molecular weight excluding hydrogens is 319 g/mol. The van der Waals surface area contributed by atoms with E-state index in [1.807, 2.05) is 19.1 Å². The lowest BCUT2D eigenvalue weighted by molar-refractivity contribution is -0.119. The molecule has 1 rings (SSSR count). The Morgan fingerprint density at radius 2 is 1.90 bits per heavy atom. The fourth-order valence-electron chi connectivity index (χ4n) is 1.73. The van der Waals surface area contributed by atoms with Crippen molar-refractivity contribution >= 4 is 39.8 Å². The average molecular weight is 337 g/mol. The molecule has 0 fully saturated rings. The molecule has 0 aromatic heterocycles. The molecule has 0 amide bonds. The standard InChI is InChI=1S/C14H18Cl2O3S/c1-10-4-6-13(7-5-10)20(18)14(15,16)9-12(19-3)8-11(2)17/h4-7,12H,8-9H2,1-3H3. The van der Waals surface area contributed by atoms with Crippen molar-refractivity contribution in [2.75, 3.05) is 7.11 Å². The molecule has 2 unspecified atom stereocenters. The summed E-state index contributed by atoms with van der Waals surface area (Å²) >= 11 is 12.4. The van der Waals surface area contributed by atoms with Crippen molar-refractivity contribution in [3.8, 4) is 0 Å². The van der Waals surface area contributed by atoms with Crippen molar-refractivity contribution in [1.82, 2.24) is 0 Å². The molecule has 0 saturated heterocycles. The normalized spacial score (nSPS) is 14.8.